The molecule has 0 unspecified atom stereocenters. The van der Waals surface area contributed by atoms with Gasteiger partial charge < -0.3 is 10.1 Å². The average molecular weight is 358 g/mol. The number of halogens is 1. The Kier molecular flexibility index (Phi) is 6.27. The van der Waals surface area contributed by atoms with Crippen LogP contribution in [-0.4, -0.2) is 40.0 Å². The molecule has 1 amide bonds. The normalized spacial score (nSPS) is 14.2. The summed E-state index contributed by atoms with van der Waals surface area (Å²) in [4.78, 5) is 22.8. The van der Waals surface area contributed by atoms with Crippen molar-refractivity contribution >= 4 is 21.9 Å². The Balaban J connectivity index is 1.65. The zero-order valence-corrected chi connectivity index (χ0v) is 13.8. The largest absolute Gasteiger partial charge is 0.464 e. The Hall–Kier alpha value is -2.00. The number of rotatable bonds is 9. The minimum atomic E-state index is -3.80. The van der Waals surface area contributed by atoms with Gasteiger partial charge in [-0.25, -0.2) is 17.5 Å². The van der Waals surface area contributed by atoms with Crippen LogP contribution in [0.5, 0.6) is 0 Å². The predicted octanol–water partition coefficient (Wildman–Crippen LogP) is 0.563. The van der Waals surface area contributed by atoms with Crippen molar-refractivity contribution in [3.63, 3.8) is 0 Å². The zero-order chi connectivity index (χ0) is 17.6. The number of hydrogen-bond donors (Lipinski definition) is 2. The van der Waals surface area contributed by atoms with Crippen LogP contribution < -0.4 is 10.0 Å². The van der Waals surface area contributed by atoms with Gasteiger partial charge in [-0.3, -0.25) is 9.59 Å². The molecule has 1 saturated carbocycles. The monoisotopic (exact) mass is 358 g/mol. The molecule has 1 aromatic carbocycles. The van der Waals surface area contributed by atoms with Gasteiger partial charge >= 0.3 is 5.97 Å². The lowest BCUT2D eigenvalue weighted by Gasteiger charge is -2.08. The third-order valence-corrected chi connectivity index (χ3v) is 4.85. The van der Waals surface area contributed by atoms with Crippen molar-refractivity contribution < 1.29 is 27.1 Å². The number of carbonyl (C=O) groups is 2. The van der Waals surface area contributed by atoms with Crippen molar-refractivity contribution in [1.29, 1.82) is 0 Å². The molecule has 9 heteroatoms. The second-order valence-electron chi connectivity index (χ2n) is 5.50. The van der Waals surface area contributed by atoms with Gasteiger partial charge in [-0.05, 0) is 43.0 Å². The Labute approximate surface area is 139 Å². The molecule has 0 aliphatic heterocycles. The van der Waals surface area contributed by atoms with E-state index >= 15 is 0 Å². The number of sulfonamides is 1. The number of hydrogen-bond acceptors (Lipinski definition) is 5. The Morgan fingerprint density at radius 1 is 1.21 bits per heavy atom. The highest BCUT2D eigenvalue weighted by atomic mass is 32.2. The fourth-order valence-corrected chi connectivity index (χ4v) is 2.83. The molecular weight excluding hydrogens is 339 g/mol. The van der Waals surface area contributed by atoms with E-state index in [1.54, 1.807) is 0 Å². The molecule has 1 aliphatic rings. The van der Waals surface area contributed by atoms with E-state index in [-0.39, 0.29) is 24.4 Å². The van der Waals surface area contributed by atoms with Crippen molar-refractivity contribution in [2.75, 3.05) is 19.7 Å². The van der Waals surface area contributed by atoms with E-state index in [1.807, 2.05) is 0 Å². The Morgan fingerprint density at radius 2 is 1.88 bits per heavy atom. The molecule has 7 nitrogen and oxygen atoms in total. The zero-order valence-electron chi connectivity index (χ0n) is 13.0. The van der Waals surface area contributed by atoms with Crippen molar-refractivity contribution in [2.24, 2.45) is 5.92 Å². The van der Waals surface area contributed by atoms with Crippen LogP contribution in [0.15, 0.2) is 29.2 Å². The predicted molar refractivity (Wildman–Crippen MR) is 82.9 cm³/mol. The van der Waals surface area contributed by atoms with Gasteiger partial charge in [0, 0.05) is 13.0 Å². The highest BCUT2D eigenvalue weighted by molar-refractivity contribution is 7.89. The van der Waals surface area contributed by atoms with Crippen LogP contribution in [-0.2, 0) is 24.3 Å². The number of amides is 1. The summed E-state index contributed by atoms with van der Waals surface area (Å²) in [5, 5.41) is 2.36. The lowest BCUT2D eigenvalue weighted by molar-refractivity contribution is -0.144. The summed E-state index contributed by atoms with van der Waals surface area (Å²) in [6.07, 6.45) is 2.00. The molecule has 0 saturated heterocycles. The van der Waals surface area contributed by atoms with Crippen molar-refractivity contribution in [3.05, 3.63) is 30.1 Å². The van der Waals surface area contributed by atoms with Crippen molar-refractivity contribution in [2.45, 2.75) is 24.2 Å². The quantitative estimate of drug-likeness (QED) is 0.628. The van der Waals surface area contributed by atoms with Crippen LogP contribution >= 0.6 is 0 Å². The molecule has 2 N–H and O–H groups in total. The third kappa shape index (κ3) is 6.25. The molecule has 0 aromatic heterocycles. The summed E-state index contributed by atoms with van der Waals surface area (Å²) in [5.41, 5.74) is 0. The standard InChI is InChI=1S/C15H19FN2O5S/c16-12-3-5-13(6-4-12)24(21,22)18-8-7-14(19)17-9-15(20)23-10-11-1-2-11/h3-6,11,18H,1-2,7-10H2,(H,17,19). The van der Waals surface area contributed by atoms with E-state index in [0.29, 0.717) is 12.5 Å². The van der Waals surface area contributed by atoms with Crippen LogP contribution in [0, 0.1) is 11.7 Å². The van der Waals surface area contributed by atoms with Gasteiger partial charge in [0.2, 0.25) is 15.9 Å². The van der Waals surface area contributed by atoms with Gasteiger partial charge in [0.25, 0.3) is 0 Å². The fraction of sp³-hybridized carbons (Fsp3) is 0.467. The number of ether oxygens (including phenoxy) is 1. The maximum Gasteiger partial charge on any atom is 0.325 e. The first kappa shape index (κ1) is 18.3. The van der Waals surface area contributed by atoms with E-state index < -0.39 is 27.7 Å². The van der Waals surface area contributed by atoms with Gasteiger partial charge in [0.1, 0.15) is 12.4 Å². The molecule has 0 atom stereocenters. The molecular formula is C15H19FN2O5S. The number of esters is 1. The lowest BCUT2D eigenvalue weighted by Crippen LogP contribution is -2.34. The molecule has 1 fully saturated rings. The van der Waals surface area contributed by atoms with E-state index in [9.17, 15) is 22.4 Å². The van der Waals surface area contributed by atoms with Crippen LogP contribution in [0.3, 0.4) is 0 Å². The lowest BCUT2D eigenvalue weighted by atomic mass is 10.4. The summed E-state index contributed by atoms with van der Waals surface area (Å²) in [5.74, 6) is -1.07. The maximum absolute atomic E-state index is 12.8. The average Bonchev–Trinajstić information content (AvgIpc) is 3.35. The molecule has 24 heavy (non-hydrogen) atoms. The molecule has 1 aromatic rings. The van der Waals surface area contributed by atoms with Gasteiger partial charge in [-0.15, -0.1) is 0 Å². The number of carbonyl (C=O) groups excluding carboxylic acids is 2. The first-order chi connectivity index (χ1) is 11.4. The molecule has 1 aliphatic carbocycles. The van der Waals surface area contributed by atoms with Gasteiger partial charge in [-0.2, -0.15) is 0 Å². The first-order valence-corrected chi connectivity index (χ1v) is 9.03. The molecule has 0 spiro atoms. The van der Waals surface area contributed by atoms with Crippen molar-refractivity contribution in [3.8, 4) is 0 Å². The molecule has 132 valence electrons. The van der Waals surface area contributed by atoms with Crippen LogP contribution in [0.25, 0.3) is 0 Å². The Bertz CT molecular complexity index is 686. The molecule has 0 bridgehead atoms. The second kappa shape index (κ2) is 8.20. The van der Waals surface area contributed by atoms with Crippen molar-refractivity contribution in [1.82, 2.24) is 10.0 Å². The molecule has 2 rings (SSSR count). The van der Waals surface area contributed by atoms with Crippen LogP contribution in [0.1, 0.15) is 19.3 Å². The topological polar surface area (TPSA) is 102 Å². The number of nitrogens with one attached hydrogen (secondary N) is 2. The maximum atomic E-state index is 12.8. The highest BCUT2D eigenvalue weighted by Gasteiger charge is 2.23. The highest BCUT2D eigenvalue weighted by Crippen LogP contribution is 2.28. The van der Waals surface area contributed by atoms with Gasteiger partial charge in [0.15, 0.2) is 0 Å². The van der Waals surface area contributed by atoms with E-state index in [2.05, 4.69) is 10.0 Å². The molecule has 0 radical (unpaired) electrons. The first-order valence-electron chi connectivity index (χ1n) is 7.54. The van der Waals surface area contributed by atoms with E-state index in [4.69, 9.17) is 4.74 Å². The van der Waals surface area contributed by atoms with Crippen LogP contribution in [0.4, 0.5) is 4.39 Å². The minimum absolute atomic E-state index is 0.0899. The summed E-state index contributed by atoms with van der Waals surface area (Å²) in [6, 6.07) is 4.34. The summed E-state index contributed by atoms with van der Waals surface area (Å²) < 4.78 is 43.8. The minimum Gasteiger partial charge on any atom is -0.464 e. The molecule has 0 heterocycles. The smallest absolute Gasteiger partial charge is 0.325 e. The summed E-state index contributed by atoms with van der Waals surface area (Å²) in [7, 11) is -3.80. The number of benzene rings is 1. The summed E-state index contributed by atoms with van der Waals surface area (Å²) >= 11 is 0. The SMILES string of the molecule is O=C(CCNS(=O)(=O)c1ccc(F)cc1)NCC(=O)OCC1CC1. The van der Waals surface area contributed by atoms with Gasteiger partial charge in [0.05, 0.1) is 11.5 Å². The van der Waals surface area contributed by atoms with E-state index in [1.165, 1.54) is 0 Å². The third-order valence-electron chi connectivity index (χ3n) is 3.37. The fourth-order valence-electron chi connectivity index (χ4n) is 1.80. The summed E-state index contributed by atoms with van der Waals surface area (Å²) in [6.45, 7) is 0.00506. The Morgan fingerprint density at radius 3 is 2.50 bits per heavy atom. The van der Waals surface area contributed by atoms with Crippen LogP contribution in [0.2, 0.25) is 0 Å². The van der Waals surface area contributed by atoms with Gasteiger partial charge in [-0.1, -0.05) is 0 Å². The second-order valence-corrected chi connectivity index (χ2v) is 7.27. The van der Waals surface area contributed by atoms with E-state index in [0.717, 1.165) is 37.1 Å².